The molecule has 1 amide bonds. The fraction of sp³-hybridized carbons (Fsp3) is 0.435. The van der Waals surface area contributed by atoms with Crippen LogP contribution in [-0.4, -0.2) is 62.0 Å². The first-order valence-electron chi connectivity index (χ1n) is 11.7. The molecule has 0 unspecified atom stereocenters. The number of ether oxygens (including phenoxy) is 1. The minimum Gasteiger partial charge on any atom is -0.474 e. The quantitative estimate of drug-likeness (QED) is 0.342. The fourth-order valence-corrected chi connectivity index (χ4v) is 4.63. The third kappa shape index (κ3) is 7.98. The van der Waals surface area contributed by atoms with Gasteiger partial charge < -0.3 is 20.3 Å². The zero-order chi connectivity index (χ0) is 28.2. The van der Waals surface area contributed by atoms with Crippen molar-refractivity contribution >= 4 is 33.9 Å². The number of nitrogens with one attached hydrogen (secondary N) is 2. The molecule has 2 N–H and O–H groups in total. The van der Waals surface area contributed by atoms with Gasteiger partial charge in [-0.2, -0.15) is 30.7 Å². The van der Waals surface area contributed by atoms with Crippen molar-refractivity contribution in [3.8, 4) is 5.88 Å². The van der Waals surface area contributed by atoms with Crippen LogP contribution in [-0.2, 0) is 6.18 Å². The van der Waals surface area contributed by atoms with Crippen molar-refractivity contribution in [1.82, 2.24) is 24.2 Å². The molecule has 210 valence electrons. The van der Waals surface area contributed by atoms with Crippen LogP contribution in [0.2, 0.25) is 0 Å². The van der Waals surface area contributed by atoms with E-state index in [2.05, 4.69) is 30.0 Å². The van der Waals surface area contributed by atoms with Crippen molar-refractivity contribution < 1.29 is 35.9 Å². The Balaban J connectivity index is 1.33. The number of nitrogens with zero attached hydrogens (tertiary/aromatic N) is 5. The number of likely N-dealkylation sites (tertiary alicyclic amines) is 1. The number of aryl methyl sites for hydroxylation is 1. The summed E-state index contributed by atoms with van der Waals surface area (Å²) in [5.41, 5.74) is -0.365. The second kappa shape index (κ2) is 11.7. The third-order valence-corrected chi connectivity index (χ3v) is 6.64. The summed E-state index contributed by atoms with van der Waals surface area (Å²) in [5.74, 6) is -0.456. The maximum absolute atomic E-state index is 12.9. The SMILES string of the molecule is Cc1nsc(Nc2cncc(C(F)(F)F)n2)c1C(=O)Nc1ccc(OC2CCN(CCC(F)(F)F)CC2)nc1. The Labute approximate surface area is 222 Å². The highest BCUT2D eigenvalue weighted by atomic mass is 32.1. The van der Waals surface area contributed by atoms with E-state index in [1.807, 2.05) is 0 Å². The molecule has 4 heterocycles. The summed E-state index contributed by atoms with van der Waals surface area (Å²) in [6.45, 7) is 2.53. The Morgan fingerprint density at radius 2 is 1.87 bits per heavy atom. The van der Waals surface area contributed by atoms with Crippen LogP contribution in [0.25, 0.3) is 0 Å². The summed E-state index contributed by atoms with van der Waals surface area (Å²) in [7, 11) is 0. The number of pyridine rings is 1. The van der Waals surface area contributed by atoms with Crippen LogP contribution in [0.4, 0.5) is 42.8 Å². The van der Waals surface area contributed by atoms with Gasteiger partial charge in [0.1, 0.15) is 16.9 Å². The van der Waals surface area contributed by atoms with E-state index in [4.69, 9.17) is 4.74 Å². The lowest BCUT2D eigenvalue weighted by Gasteiger charge is -2.32. The lowest BCUT2D eigenvalue weighted by molar-refractivity contribution is -0.141. The molecular weight excluding hydrogens is 552 g/mol. The Kier molecular flexibility index (Phi) is 8.54. The van der Waals surface area contributed by atoms with Crippen LogP contribution in [0.1, 0.15) is 41.0 Å². The maximum Gasteiger partial charge on any atom is 0.434 e. The normalized spacial score (nSPS) is 15.3. The molecule has 0 aromatic carbocycles. The average Bonchev–Trinajstić information content (AvgIpc) is 3.23. The van der Waals surface area contributed by atoms with E-state index in [1.54, 1.807) is 24.0 Å². The Hall–Kier alpha value is -3.53. The molecule has 1 saturated heterocycles. The number of hydrogen-bond acceptors (Lipinski definition) is 9. The first-order valence-corrected chi connectivity index (χ1v) is 12.5. The molecule has 1 aliphatic rings. The molecule has 0 radical (unpaired) electrons. The Morgan fingerprint density at radius 3 is 2.51 bits per heavy atom. The molecule has 39 heavy (non-hydrogen) atoms. The van der Waals surface area contributed by atoms with E-state index >= 15 is 0 Å². The number of anilines is 3. The van der Waals surface area contributed by atoms with Crippen molar-refractivity contribution in [1.29, 1.82) is 0 Å². The average molecular weight is 576 g/mol. The number of rotatable bonds is 8. The number of piperidine rings is 1. The molecule has 0 atom stereocenters. The van der Waals surface area contributed by atoms with Crippen LogP contribution < -0.4 is 15.4 Å². The van der Waals surface area contributed by atoms with Gasteiger partial charge in [-0.3, -0.25) is 9.78 Å². The monoisotopic (exact) mass is 575 g/mol. The van der Waals surface area contributed by atoms with Gasteiger partial charge in [0.25, 0.3) is 5.91 Å². The van der Waals surface area contributed by atoms with Gasteiger partial charge in [-0.15, -0.1) is 0 Å². The summed E-state index contributed by atoms with van der Waals surface area (Å²) < 4.78 is 86.0. The zero-order valence-corrected chi connectivity index (χ0v) is 21.3. The van der Waals surface area contributed by atoms with Gasteiger partial charge in [0.15, 0.2) is 5.69 Å². The molecular formula is C23H23F6N7O2S. The van der Waals surface area contributed by atoms with Gasteiger partial charge in [-0.25, -0.2) is 9.97 Å². The summed E-state index contributed by atoms with van der Waals surface area (Å²) in [4.78, 5) is 25.9. The highest BCUT2D eigenvalue weighted by Gasteiger charge is 2.33. The molecule has 0 bridgehead atoms. The largest absolute Gasteiger partial charge is 0.474 e. The van der Waals surface area contributed by atoms with Crippen molar-refractivity contribution in [3.05, 3.63) is 47.7 Å². The smallest absolute Gasteiger partial charge is 0.434 e. The molecule has 9 nitrogen and oxygen atoms in total. The van der Waals surface area contributed by atoms with Gasteiger partial charge in [0, 0.05) is 25.7 Å². The van der Waals surface area contributed by atoms with Crippen LogP contribution in [0.3, 0.4) is 0 Å². The van der Waals surface area contributed by atoms with E-state index in [1.165, 1.54) is 6.20 Å². The standard InChI is InChI=1S/C23H23F6N7O2S/c1-13-19(21(39-35-13)34-17-12-30-11-16(33-17)23(27,28)29)20(37)32-14-2-3-18(31-10-14)38-15-4-7-36(8-5-15)9-6-22(24,25)26/h2-3,10-12,15H,4-9H2,1H3,(H,32,37)(H,33,34). The molecule has 0 saturated carbocycles. The van der Waals surface area contributed by atoms with Crippen LogP contribution >= 0.6 is 11.5 Å². The highest BCUT2D eigenvalue weighted by Crippen LogP contribution is 2.31. The van der Waals surface area contributed by atoms with Crippen molar-refractivity contribution in [3.63, 3.8) is 0 Å². The second-order valence-electron chi connectivity index (χ2n) is 8.75. The molecule has 0 aliphatic carbocycles. The lowest BCUT2D eigenvalue weighted by atomic mass is 10.1. The van der Waals surface area contributed by atoms with E-state index in [0.29, 0.717) is 49.4 Å². The minimum absolute atomic E-state index is 0.0352. The predicted molar refractivity (Wildman–Crippen MR) is 130 cm³/mol. The van der Waals surface area contributed by atoms with E-state index in [9.17, 15) is 31.1 Å². The zero-order valence-electron chi connectivity index (χ0n) is 20.4. The molecule has 16 heteroatoms. The summed E-state index contributed by atoms with van der Waals surface area (Å²) in [6, 6.07) is 3.13. The van der Waals surface area contributed by atoms with Crippen molar-refractivity contribution in [2.45, 2.75) is 44.6 Å². The summed E-state index contributed by atoms with van der Waals surface area (Å²) in [5, 5.41) is 5.53. The summed E-state index contributed by atoms with van der Waals surface area (Å²) in [6.07, 6.45) is -5.68. The Morgan fingerprint density at radius 1 is 1.13 bits per heavy atom. The molecule has 1 aliphatic heterocycles. The number of halogens is 6. The minimum atomic E-state index is -4.68. The van der Waals surface area contributed by atoms with Crippen molar-refractivity contribution in [2.75, 3.05) is 30.3 Å². The Bertz CT molecular complexity index is 1280. The molecule has 0 spiro atoms. The maximum atomic E-state index is 12.9. The fourth-order valence-electron chi connectivity index (χ4n) is 3.83. The van der Waals surface area contributed by atoms with Gasteiger partial charge in [-0.1, -0.05) is 0 Å². The number of aromatic nitrogens is 4. The first-order chi connectivity index (χ1) is 18.4. The lowest BCUT2D eigenvalue weighted by Crippen LogP contribution is -2.39. The number of carbonyl (C=O) groups excluding carboxylic acids is 1. The molecule has 3 aromatic rings. The topological polar surface area (TPSA) is 105 Å². The van der Waals surface area contributed by atoms with Crippen LogP contribution in [0.15, 0.2) is 30.7 Å². The van der Waals surface area contributed by atoms with Crippen molar-refractivity contribution in [2.24, 2.45) is 0 Å². The molecule has 4 rings (SSSR count). The number of carbonyl (C=O) groups is 1. The third-order valence-electron chi connectivity index (χ3n) is 5.78. The molecule has 1 fully saturated rings. The van der Waals surface area contributed by atoms with E-state index in [0.717, 1.165) is 17.7 Å². The number of alkyl halides is 6. The van der Waals surface area contributed by atoms with Crippen LogP contribution in [0.5, 0.6) is 5.88 Å². The van der Waals surface area contributed by atoms with Gasteiger partial charge in [-0.05, 0) is 37.4 Å². The van der Waals surface area contributed by atoms with E-state index < -0.39 is 30.4 Å². The second-order valence-corrected chi connectivity index (χ2v) is 9.52. The first kappa shape index (κ1) is 28.5. The van der Waals surface area contributed by atoms with E-state index in [-0.39, 0.29) is 29.0 Å². The predicted octanol–water partition coefficient (Wildman–Crippen LogP) is 5.45. The van der Waals surface area contributed by atoms with Gasteiger partial charge >= 0.3 is 12.4 Å². The van der Waals surface area contributed by atoms with Crippen LogP contribution in [0, 0.1) is 6.92 Å². The van der Waals surface area contributed by atoms with Gasteiger partial charge in [0.05, 0.1) is 42.0 Å². The highest BCUT2D eigenvalue weighted by molar-refractivity contribution is 7.10. The number of amides is 1. The van der Waals surface area contributed by atoms with Gasteiger partial charge in [0.2, 0.25) is 5.88 Å². The molecule has 3 aromatic heterocycles. The summed E-state index contributed by atoms with van der Waals surface area (Å²) >= 11 is 0.884. The number of hydrogen-bond donors (Lipinski definition) is 2.